The molecule has 148 valence electrons. The summed E-state index contributed by atoms with van der Waals surface area (Å²) in [6.45, 7) is -0.0922. The van der Waals surface area contributed by atoms with Gasteiger partial charge in [0.05, 0.1) is 23.8 Å². The number of nitrogens with one attached hydrogen (secondary N) is 2. The lowest BCUT2D eigenvalue weighted by atomic mass is 9.62. The van der Waals surface area contributed by atoms with Crippen LogP contribution in [0.25, 0.3) is 0 Å². The van der Waals surface area contributed by atoms with Gasteiger partial charge in [0, 0.05) is 18.0 Å². The van der Waals surface area contributed by atoms with Crippen molar-refractivity contribution in [3.05, 3.63) is 0 Å². The molecule has 2 saturated carbocycles. The molecule has 5 N–H and O–H groups in total. The van der Waals surface area contributed by atoms with Gasteiger partial charge in [-0.2, -0.15) is 0 Å². The smallest absolute Gasteiger partial charge is 0.241 e. The SMILES string of the molecule is NC1CC2OC1C1C2C(=O)N(CC(=O)N[C@@]23C[C@@H]4C[C@@H](C[C@H](C4)N2)C3)C1O. The first kappa shape index (κ1) is 16.7. The highest BCUT2D eigenvalue weighted by atomic mass is 16.5. The number of carbonyl (C=O) groups excluding carboxylic acids is 2. The zero-order valence-electron chi connectivity index (χ0n) is 15.3. The third kappa shape index (κ3) is 2.30. The van der Waals surface area contributed by atoms with E-state index >= 15 is 0 Å². The summed E-state index contributed by atoms with van der Waals surface area (Å²) in [5, 5.41) is 17.6. The van der Waals surface area contributed by atoms with Crippen LogP contribution in [-0.2, 0) is 14.3 Å². The second-order valence-corrected chi connectivity index (χ2v) is 9.84. The van der Waals surface area contributed by atoms with E-state index in [4.69, 9.17) is 10.5 Å². The van der Waals surface area contributed by atoms with Crippen LogP contribution in [0.5, 0.6) is 0 Å². The highest BCUT2D eigenvalue weighted by molar-refractivity contribution is 5.89. The summed E-state index contributed by atoms with van der Waals surface area (Å²) in [4.78, 5) is 27.0. The Bertz CT molecular complexity index is 664. The molecule has 2 aliphatic carbocycles. The van der Waals surface area contributed by atoms with Crippen LogP contribution in [0.2, 0.25) is 0 Å². The maximum Gasteiger partial charge on any atom is 0.241 e. The highest BCUT2D eigenvalue weighted by Gasteiger charge is 2.64. The number of fused-ring (bicyclic) bond motifs is 5. The summed E-state index contributed by atoms with van der Waals surface area (Å²) in [5.41, 5.74) is 5.75. The molecule has 0 radical (unpaired) electrons. The molecular formula is C19H28N4O4. The number of piperidine rings is 2. The lowest BCUT2D eigenvalue weighted by Gasteiger charge is -2.57. The minimum atomic E-state index is -0.987. The van der Waals surface area contributed by atoms with Gasteiger partial charge in [0.1, 0.15) is 12.8 Å². The van der Waals surface area contributed by atoms with E-state index in [-0.39, 0.29) is 54.1 Å². The fourth-order valence-electron chi connectivity index (χ4n) is 7.39. The molecule has 0 aromatic rings. The fourth-order valence-corrected chi connectivity index (χ4v) is 7.39. The van der Waals surface area contributed by atoms with Crippen molar-refractivity contribution in [3.8, 4) is 0 Å². The molecule has 8 heteroatoms. The Kier molecular flexibility index (Phi) is 3.36. The zero-order valence-corrected chi connectivity index (χ0v) is 15.3. The molecule has 0 aromatic heterocycles. The van der Waals surface area contributed by atoms with E-state index in [1.807, 2.05) is 0 Å². The predicted molar refractivity (Wildman–Crippen MR) is 93.8 cm³/mol. The van der Waals surface area contributed by atoms with Crippen molar-refractivity contribution < 1.29 is 19.4 Å². The molecule has 5 saturated heterocycles. The number of hydrogen-bond acceptors (Lipinski definition) is 6. The average molecular weight is 376 g/mol. The second-order valence-electron chi connectivity index (χ2n) is 9.84. The monoisotopic (exact) mass is 376 g/mol. The van der Waals surface area contributed by atoms with Crippen LogP contribution < -0.4 is 16.4 Å². The number of aliphatic hydroxyl groups is 1. The molecule has 5 aliphatic heterocycles. The number of rotatable bonds is 3. The highest BCUT2D eigenvalue weighted by Crippen LogP contribution is 2.50. The molecule has 8 nitrogen and oxygen atoms in total. The van der Waals surface area contributed by atoms with Gasteiger partial charge in [-0.25, -0.2) is 0 Å². The number of nitrogens with two attached hydrogens (primary N) is 1. The van der Waals surface area contributed by atoms with Crippen molar-refractivity contribution in [2.75, 3.05) is 6.54 Å². The third-order valence-electron chi connectivity index (χ3n) is 8.03. The van der Waals surface area contributed by atoms with E-state index in [1.54, 1.807) is 0 Å². The summed E-state index contributed by atoms with van der Waals surface area (Å²) in [6.07, 6.45) is 4.83. The summed E-state index contributed by atoms with van der Waals surface area (Å²) in [7, 11) is 0. The van der Waals surface area contributed by atoms with Crippen molar-refractivity contribution in [2.45, 2.75) is 74.7 Å². The first-order chi connectivity index (χ1) is 12.9. The molecule has 7 fully saturated rings. The number of amides is 2. The van der Waals surface area contributed by atoms with Crippen molar-refractivity contribution in [1.29, 1.82) is 0 Å². The van der Waals surface area contributed by atoms with Crippen LogP contribution in [0.1, 0.15) is 38.5 Å². The van der Waals surface area contributed by atoms with Gasteiger partial charge in [-0.1, -0.05) is 0 Å². The van der Waals surface area contributed by atoms with Gasteiger partial charge in [-0.3, -0.25) is 14.9 Å². The Balaban J connectivity index is 1.16. The third-order valence-corrected chi connectivity index (χ3v) is 8.03. The molecule has 6 unspecified atom stereocenters. The van der Waals surface area contributed by atoms with Crippen LogP contribution in [-0.4, -0.2) is 64.5 Å². The molecule has 0 spiro atoms. The van der Waals surface area contributed by atoms with Gasteiger partial charge in [0.25, 0.3) is 0 Å². The Labute approximate surface area is 158 Å². The van der Waals surface area contributed by atoms with Crippen molar-refractivity contribution in [1.82, 2.24) is 15.5 Å². The summed E-state index contributed by atoms with van der Waals surface area (Å²) >= 11 is 0. The van der Waals surface area contributed by atoms with Crippen LogP contribution in [0.3, 0.4) is 0 Å². The summed E-state index contributed by atoms with van der Waals surface area (Å²) in [6, 6.07) is 0.368. The van der Waals surface area contributed by atoms with E-state index in [2.05, 4.69) is 10.6 Å². The number of carbonyl (C=O) groups is 2. The molecular weight excluding hydrogens is 348 g/mol. The Morgan fingerprint density at radius 2 is 2.04 bits per heavy atom. The number of hydrogen-bond donors (Lipinski definition) is 4. The van der Waals surface area contributed by atoms with Crippen LogP contribution in [0.4, 0.5) is 0 Å². The first-order valence-electron chi connectivity index (χ1n) is 10.4. The Morgan fingerprint density at radius 3 is 2.74 bits per heavy atom. The average Bonchev–Trinajstić information content (AvgIpc) is 3.20. The van der Waals surface area contributed by atoms with Gasteiger partial charge in [0.15, 0.2) is 0 Å². The summed E-state index contributed by atoms with van der Waals surface area (Å²) in [5.74, 6) is 0.371. The van der Waals surface area contributed by atoms with Gasteiger partial charge in [-0.05, 0) is 50.4 Å². The van der Waals surface area contributed by atoms with E-state index in [9.17, 15) is 14.7 Å². The normalized spacial score (nSPS) is 54.7. The quantitative estimate of drug-likeness (QED) is 0.495. The van der Waals surface area contributed by atoms with Crippen molar-refractivity contribution in [2.24, 2.45) is 29.4 Å². The Hall–Kier alpha value is -1.22. The number of likely N-dealkylation sites (tertiary alicyclic amines) is 1. The Morgan fingerprint density at radius 1 is 1.30 bits per heavy atom. The maximum atomic E-state index is 12.8. The van der Waals surface area contributed by atoms with E-state index in [0.29, 0.717) is 24.3 Å². The number of aliphatic hydroxyl groups excluding tert-OH is 1. The maximum absolute atomic E-state index is 12.8. The van der Waals surface area contributed by atoms with Gasteiger partial charge in [0.2, 0.25) is 11.8 Å². The molecule has 7 aliphatic rings. The predicted octanol–water partition coefficient (Wildman–Crippen LogP) is -1.13. The lowest BCUT2D eigenvalue weighted by molar-refractivity contribution is -0.145. The van der Waals surface area contributed by atoms with E-state index in [1.165, 1.54) is 24.2 Å². The van der Waals surface area contributed by atoms with E-state index < -0.39 is 6.23 Å². The largest absolute Gasteiger partial charge is 0.373 e. The van der Waals surface area contributed by atoms with Crippen molar-refractivity contribution in [3.63, 3.8) is 0 Å². The molecule has 5 heterocycles. The lowest BCUT2D eigenvalue weighted by Crippen LogP contribution is -2.71. The molecule has 6 bridgehead atoms. The van der Waals surface area contributed by atoms with Crippen LogP contribution >= 0.6 is 0 Å². The fraction of sp³-hybridized carbons (Fsp3) is 0.895. The molecule has 7 rings (SSSR count). The molecule has 0 aromatic carbocycles. The number of ether oxygens (including phenoxy) is 1. The van der Waals surface area contributed by atoms with Gasteiger partial charge < -0.3 is 25.8 Å². The zero-order chi connectivity index (χ0) is 18.5. The van der Waals surface area contributed by atoms with Crippen LogP contribution in [0.15, 0.2) is 0 Å². The van der Waals surface area contributed by atoms with Crippen LogP contribution in [0, 0.1) is 23.7 Å². The van der Waals surface area contributed by atoms with Gasteiger partial charge >= 0.3 is 0 Å². The standard InChI is InChI=1S/C19H28N4O4/c20-11-4-12-14-15(16(11)27-12)18(26)23(17(14)25)7-13(24)22-19-5-8-1-9(6-19)3-10(2-8)21-19/h8-12,14-16,18,21,26H,1-7,20H2,(H,22,24)/t8-,9+,10+,11?,12?,14?,15?,16?,18?,19-. The van der Waals surface area contributed by atoms with Crippen molar-refractivity contribution >= 4 is 11.8 Å². The molecule has 2 amide bonds. The first-order valence-corrected chi connectivity index (χ1v) is 10.4. The van der Waals surface area contributed by atoms with E-state index in [0.717, 1.165) is 12.8 Å². The minimum Gasteiger partial charge on any atom is -0.373 e. The molecule has 10 atom stereocenters. The second kappa shape index (κ2) is 5.43. The minimum absolute atomic E-state index is 0.0922. The topological polar surface area (TPSA) is 117 Å². The summed E-state index contributed by atoms with van der Waals surface area (Å²) < 4.78 is 5.79. The molecule has 27 heavy (non-hydrogen) atoms. The van der Waals surface area contributed by atoms with Gasteiger partial charge in [-0.15, -0.1) is 0 Å². The number of nitrogens with zero attached hydrogens (tertiary/aromatic N) is 1.